The first-order chi connectivity index (χ1) is 33.0. The highest BCUT2D eigenvalue weighted by Crippen LogP contribution is 2.41. The summed E-state index contributed by atoms with van der Waals surface area (Å²) in [4.78, 5) is 27.3. The van der Waals surface area contributed by atoms with E-state index in [2.05, 4.69) is 134 Å². The van der Waals surface area contributed by atoms with Gasteiger partial charge in [-0.25, -0.2) is 29.9 Å². The second-order valence-electron chi connectivity index (χ2n) is 15.4. The molecule has 0 amide bonds. The Labute approximate surface area is 409 Å². The van der Waals surface area contributed by atoms with Crippen molar-refractivity contribution in [2.45, 2.75) is 0 Å². The number of hydrogen-bond donors (Lipinski definition) is 0. The molecule has 0 saturated heterocycles. The predicted octanol–water partition coefficient (Wildman–Crippen LogP) is 16.9. The summed E-state index contributed by atoms with van der Waals surface area (Å²) >= 11 is 23.0. The van der Waals surface area contributed by atoms with Gasteiger partial charge in [0.15, 0.2) is 5.15 Å². The number of nitrogens with zero attached hydrogens (tertiary/aromatic N) is 7. The molecule has 0 aliphatic rings. The van der Waals surface area contributed by atoms with Crippen molar-refractivity contribution in [3.05, 3.63) is 198 Å². The summed E-state index contributed by atoms with van der Waals surface area (Å²) in [6, 6.07) is 62.2. The van der Waals surface area contributed by atoms with E-state index in [9.17, 15) is 0 Å². The second-order valence-corrected chi connectivity index (χ2v) is 19.6. The first kappa shape index (κ1) is 41.5. The molecular formula is C54H30Cl3N7S3. The van der Waals surface area contributed by atoms with Gasteiger partial charge in [0.25, 0.3) is 0 Å². The molecule has 67 heavy (non-hydrogen) atoms. The Bertz CT molecular complexity index is 4120. The van der Waals surface area contributed by atoms with E-state index in [0.29, 0.717) is 16.4 Å². The second kappa shape index (κ2) is 17.4. The van der Waals surface area contributed by atoms with Crippen LogP contribution in [0.25, 0.3) is 111 Å². The number of benzene rings is 7. The van der Waals surface area contributed by atoms with Crippen LogP contribution in [0.15, 0.2) is 182 Å². The molecule has 0 radical (unpaired) electrons. The molecule has 0 aliphatic carbocycles. The number of halogens is 3. The first-order valence-electron chi connectivity index (χ1n) is 21.1. The Kier molecular flexibility index (Phi) is 10.8. The van der Waals surface area contributed by atoms with Crippen LogP contribution in [-0.2, 0) is 0 Å². The predicted molar refractivity (Wildman–Crippen MR) is 285 cm³/mol. The quantitative estimate of drug-likeness (QED) is 0.130. The molecule has 0 atom stereocenters. The smallest absolute Gasteiger partial charge is 0.235 e. The van der Waals surface area contributed by atoms with Gasteiger partial charge in [0.2, 0.25) is 16.5 Å². The van der Waals surface area contributed by atoms with Crippen molar-refractivity contribution in [3.8, 4) is 28.5 Å². The zero-order valence-electron chi connectivity index (χ0n) is 34.8. The van der Waals surface area contributed by atoms with Crippen LogP contribution in [0, 0.1) is 0 Å². The molecule has 0 N–H and O–H groups in total. The van der Waals surface area contributed by atoms with Crippen LogP contribution in [-0.4, -0.2) is 34.5 Å². The van der Waals surface area contributed by atoms with Crippen molar-refractivity contribution >= 4 is 152 Å². The van der Waals surface area contributed by atoms with E-state index >= 15 is 0 Å². The fourth-order valence-corrected chi connectivity index (χ4v) is 12.5. The van der Waals surface area contributed by atoms with Crippen molar-refractivity contribution in [1.29, 1.82) is 0 Å². The molecule has 13 heteroatoms. The van der Waals surface area contributed by atoms with Crippen LogP contribution in [0.4, 0.5) is 0 Å². The maximum absolute atomic E-state index is 6.11. The zero-order valence-corrected chi connectivity index (χ0v) is 39.5. The number of para-hydroxylation sites is 2. The average molecular weight is 979 g/mol. The molecule has 0 unspecified atom stereocenters. The first-order valence-corrected chi connectivity index (χ1v) is 24.7. The molecule has 0 fully saturated rings. The van der Waals surface area contributed by atoms with Crippen molar-refractivity contribution < 1.29 is 0 Å². The number of hydrogen-bond acceptors (Lipinski definition) is 9. The van der Waals surface area contributed by atoms with Crippen LogP contribution in [0.2, 0.25) is 15.7 Å². The molecule has 0 aliphatic heterocycles. The molecule has 0 bridgehead atoms. The largest absolute Gasteiger partial charge is 0.278 e. The SMILES string of the molecule is Clc1nc(-c2ccccc2)c2sc3ccccc3c2n1.Clc1nc(Cl)c2sc3ccccc3c2n1.c1ccc(-c2nc(-n3c4ccccc4c4ccccc43)nc3c2sc2ccccc23)cc1. The summed E-state index contributed by atoms with van der Waals surface area (Å²) in [6.45, 7) is 0. The zero-order chi connectivity index (χ0) is 45.0. The molecule has 14 aromatic rings. The van der Waals surface area contributed by atoms with Crippen molar-refractivity contribution in [2.75, 3.05) is 0 Å². The van der Waals surface area contributed by atoms with E-state index in [1.54, 1.807) is 34.0 Å². The lowest BCUT2D eigenvalue weighted by Gasteiger charge is -2.10. The van der Waals surface area contributed by atoms with Crippen molar-refractivity contribution in [1.82, 2.24) is 34.5 Å². The van der Waals surface area contributed by atoms with E-state index in [0.717, 1.165) is 79.7 Å². The molecule has 0 saturated carbocycles. The van der Waals surface area contributed by atoms with E-state index < -0.39 is 0 Å². The topological polar surface area (TPSA) is 82.3 Å². The monoisotopic (exact) mass is 977 g/mol. The number of aromatic nitrogens is 7. The summed E-state index contributed by atoms with van der Waals surface area (Å²) in [5, 5.41) is 6.71. The number of rotatable bonds is 3. The summed E-state index contributed by atoms with van der Waals surface area (Å²) in [5.41, 5.74) is 9.07. The Morgan fingerprint density at radius 2 is 0.701 bits per heavy atom. The van der Waals surface area contributed by atoms with Gasteiger partial charge in [-0.15, -0.1) is 34.0 Å². The van der Waals surface area contributed by atoms with Crippen LogP contribution >= 0.6 is 68.8 Å². The van der Waals surface area contributed by atoms with Gasteiger partial charge < -0.3 is 0 Å². The standard InChI is InChI=1S/C28H17N3S.C16H9ClN2S.C10H4Cl2N2S/c1-2-10-18(11-3-1)25-27-26(21-14-6-9-17-24(21)32-27)30-28(29-25)31-22-15-7-4-12-19(22)20-13-5-8-16-23(20)31;17-16-18-13(10-6-2-1-3-7-10)15-14(19-16)11-8-4-5-9-12(11)20-15;11-9-8-7(13-10(12)14-9)5-3-1-2-4-6(5)15-8/h1-17H;1-9H;1-4H. The molecule has 14 rings (SSSR count). The van der Waals surface area contributed by atoms with Gasteiger partial charge >= 0.3 is 0 Å². The van der Waals surface area contributed by atoms with Crippen LogP contribution < -0.4 is 0 Å². The molecule has 320 valence electrons. The molecule has 7 nitrogen and oxygen atoms in total. The summed E-state index contributed by atoms with van der Waals surface area (Å²) in [6.07, 6.45) is 0. The van der Waals surface area contributed by atoms with Gasteiger partial charge in [0, 0.05) is 52.2 Å². The van der Waals surface area contributed by atoms with Crippen LogP contribution in [0.1, 0.15) is 0 Å². The van der Waals surface area contributed by atoms with E-state index in [-0.39, 0.29) is 5.28 Å². The van der Waals surface area contributed by atoms with Crippen molar-refractivity contribution in [2.24, 2.45) is 0 Å². The average Bonchev–Trinajstić information content (AvgIpc) is 4.14. The van der Waals surface area contributed by atoms with Crippen LogP contribution in [0.5, 0.6) is 0 Å². The Morgan fingerprint density at radius 3 is 1.21 bits per heavy atom. The number of fused-ring (bicyclic) bond motifs is 12. The minimum atomic E-state index is 0.191. The van der Waals surface area contributed by atoms with Crippen molar-refractivity contribution in [3.63, 3.8) is 0 Å². The Balaban J connectivity index is 0.000000114. The normalized spacial score (nSPS) is 11.5. The third-order valence-corrected chi connectivity index (χ3v) is 15.6. The molecule has 7 aromatic heterocycles. The fraction of sp³-hybridized carbons (Fsp3) is 0. The van der Waals surface area contributed by atoms with Gasteiger partial charge in [0.05, 0.1) is 53.1 Å². The molecule has 7 heterocycles. The lowest BCUT2D eigenvalue weighted by molar-refractivity contribution is 1.02. The van der Waals surface area contributed by atoms with Gasteiger partial charge in [0.1, 0.15) is 0 Å². The maximum atomic E-state index is 6.11. The van der Waals surface area contributed by atoms with Crippen LogP contribution in [0.3, 0.4) is 0 Å². The lowest BCUT2D eigenvalue weighted by atomic mass is 10.1. The van der Waals surface area contributed by atoms with E-state index in [1.165, 1.54) is 25.6 Å². The highest BCUT2D eigenvalue weighted by molar-refractivity contribution is 7.27. The Hall–Kier alpha value is -6.89. The fourth-order valence-electron chi connectivity index (χ4n) is 8.50. The van der Waals surface area contributed by atoms with E-state index in [4.69, 9.17) is 44.8 Å². The minimum absolute atomic E-state index is 0.191. The molecular weight excluding hydrogens is 949 g/mol. The van der Waals surface area contributed by atoms with Gasteiger partial charge in [-0.1, -0.05) is 163 Å². The number of thiophene rings is 3. The third-order valence-electron chi connectivity index (χ3n) is 11.4. The minimum Gasteiger partial charge on any atom is -0.278 e. The maximum Gasteiger partial charge on any atom is 0.235 e. The Morgan fingerprint density at radius 1 is 0.328 bits per heavy atom. The highest BCUT2D eigenvalue weighted by Gasteiger charge is 2.20. The summed E-state index contributed by atoms with van der Waals surface area (Å²) < 4.78 is 8.88. The summed E-state index contributed by atoms with van der Waals surface area (Å²) in [5.74, 6) is 0.706. The van der Waals surface area contributed by atoms with Gasteiger partial charge in [-0.2, -0.15) is 0 Å². The van der Waals surface area contributed by atoms with E-state index in [1.807, 2.05) is 72.8 Å². The highest BCUT2D eigenvalue weighted by atomic mass is 35.5. The van der Waals surface area contributed by atoms with Gasteiger partial charge in [-0.3, -0.25) is 4.57 Å². The van der Waals surface area contributed by atoms with Gasteiger partial charge in [-0.05, 0) is 53.5 Å². The lowest BCUT2D eigenvalue weighted by Crippen LogP contribution is -2.02. The molecule has 0 spiro atoms. The summed E-state index contributed by atoms with van der Waals surface area (Å²) in [7, 11) is 0. The third kappa shape index (κ3) is 7.52. The molecule has 7 aromatic carbocycles.